The molecule has 1 aromatic rings. The van der Waals surface area contributed by atoms with Gasteiger partial charge in [0.25, 0.3) is 0 Å². The van der Waals surface area contributed by atoms with Crippen molar-refractivity contribution in [3.63, 3.8) is 0 Å². The van der Waals surface area contributed by atoms with Crippen molar-refractivity contribution in [1.29, 1.82) is 0 Å². The van der Waals surface area contributed by atoms with Crippen LogP contribution in [0.15, 0.2) is 30.6 Å². The fourth-order valence-electron chi connectivity index (χ4n) is 8.55. The van der Waals surface area contributed by atoms with Crippen molar-refractivity contribution in [3.05, 3.63) is 36.2 Å². The number of carbonyl (C=O) groups excluding carboxylic acids is 1. The first-order valence-corrected chi connectivity index (χ1v) is 11.5. The van der Waals surface area contributed by atoms with Crippen LogP contribution in [0.4, 0.5) is 0 Å². The SMILES string of the molecule is CC1C[C@@]2(C)C(CC[C@@H]3[C@@H]2CC[C@]2(C)C(c4cccnc4)=CC[C@@H]32)C(C)C1=O. The highest BCUT2D eigenvalue weighted by atomic mass is 16.1. The number of hydrogen-bond acceptors (Lipinski definition) is 2. The smallest absolute Gasteiger partial charge is 0.138 e. The third-order valence-electron chi connectivity index (χ3n) is 9.78. The van der Waals surface area contributed by atoms with Gasteiger partial charge in [0.15, 0.2) is 0 Å². The minimum Gasteiger partial charge on any atom is -0.299 e. The largest absolute Gasteiger partial charge is 0.299 e. The Balaban J connectivity index is 1.46. The Labute approximate surface area is 170 Å². The first-order valence-electron chi connectivity index (χ1n) is 11.5. The highest BCUT2D eigenvalue weighted by Crippen LogP contribution is 2.68. The van der Waals surface area contributed by atoms with Crippen LogP contribution < -0.4 is 0 Å². The molecular weight excluding hydrogens is 342 g/mol. The molecule has 0 spiro atoms. The summed E-state index contributed by atoms with van der Waals surface area (Å²) in [5.41, 5.74) is 3.54. The van der Waals surface area contributed by atoms with Gasteiger partial charge in [-0.3, -0.25) is 9.78 Å². The van der Waals surface area contributed by atoms with Gasteiger partial charge in [-0.2, -0.15) is 0 Å². The normalized spacial score (nSPS) is 47.7. The molecule has 2 heteroatoms. The first-order chi connectivity index (χ1) is 13.4. The van der Waals surface area contributed by atoms with Crippen LogP contribution in [0, 0.1) is 46.3 Å². The van der Waals surface area contributed by atoms with Gasteiger partial charge in [-0.05, 0) is 90.2 Å². The second-order valence-electron chi connectivity index (χ2n) is 10.9. The molecule has 8 atom stereocenters. The minimum atomic E-state index is 0.246. The summed E-state index contributed by atoms with van der Waals surface area (Å²) < 4.78 is 0. The van der Waals surface area contributed by atoms with Gasteiger partial charge in [0.2, 0.25) is 0 Å². The number of Topliss-reactive ketones (excluding diaryl/α,β-unsaturated/α-hetero) is 1. The lowest BCUT2D eigenvalue weighted by molar-refractivity contribution is -0.153. The van der Waals surface area contributed by atoms with Crippen molar-refractivity contribution >= 4 is 11.4 Å². The van der Waals surface area contributed by atoms with E-state index in [1.54, 1.807) is 5.57 Å². The van der Waals surface area contributed by atoms with Gasteiger partial charge in [0.1, 0.15) is 5.78 Å². The zero-order valence-corrected chi connectivity index (χ0v) is 17.9. The lowest BCUT2D eigenvalue weighted by Gasteiger charge is -2.62. The van der Waals surface area contributed by atoms with E-state index in [0.29, 0.717) is 22.5 Å². The zero-order valence-electron chi connectivity index (χ0n) is 17.9. The number of allylic oxidation sites excluding steroid dienone is 2. The molecular formula is C26H35NO. The van der Waals surface area contributed by atoms with Gasteiger partial charge in [-0.1, -0.05) is 39.8 Å². The summed E-state index contributed by atoms with van der Waals surface area (Å²) in [6.45, 7) is 9.51. The molecule has 0 bridgehead atoms. The van der Waals surface area contributed by atoms with Gasteiger partial charge >= 0.3 is 0 Å². The van der Waals surface area contributed by atoms with E-state index < -0.39 is 0 Å². The van der Waals surface area contributed by atoms with Crippen molar-refractivity contribution in [2.24, 2.45) is 46.3 Å². The summed E-state index contributed by atoms with van der Waals surface area (Å²) in [7, 11) is 0. The van der Waals surface area contributed by atoms with E-state index in [4.69, 9.17) is 0 Å². The van der Waals surface area contributed by atoms with Crippen molar-refractivity contribution in [2.75, 3.05) is 0 Å². The zero-order chi connectivity index (χ0) is 19.7. The van der Waals surface area contributed by atoms with E-state index in [0.717, 1.165) is 24.2 Å². The van der Waals surface area contributed by atoms with Gasteiger partial charge in [-0.15, -0.1) is 0 Å². The Morgan fingerprint density at radius 3 is 2.64 bits per heavy atom. The standard InChI is InChI=1S/C26H35NO/c1-16-14-26(4)20(17(2)24(16)28)8-7-19-22-10-9-21(18-6-5-13-27-15-18)25(22,3)12-11-23(19)26/h5-6,9,13,15-17,19-20,22-23H,7-8,10-12,14H2,1-4H3/t16?,17?,19-,20?,22-,23-,25+,26-/m0/s1. The predicted molar refractivity (Wildman–Crippen MR) is 113 cm³/mol. The number of ketones is 1. The average molecular weight is 378 g/mol. The van der Waals surface area contributed by atoms with Crippen LogP contribution >= 0.6 is 0 Å². The van der Waals surface area contributed by atoms with E-state index in [9.17, 15) is 4.79 Å². The minimum absolute atomic E-state index is 0.246. The summed E-state index contributed by atoms with van der Waals surface area (Å²) in [5, 5.41) is 0. The van der Waals surface area contributed by atoms with Crippen LogP contribution in [-0.2, 0) is 4.79 Å². The number of rotatable bonds is 1. The Bertz CT molecular complexity index is 813. The molecule has 3 unspecified atom stereocenters. The highest BCUT2D eigenvalue weighted by molar-refractivity contribution is 5.84. The number of hydrogen-bond donors (Lipinski definition) is 0. The van der Waals surface area contributed by atoms with Gasteiger partial charge in [0.05, 0.1) is 0 Å². The maximum atomic E-state index is 12.7. The van der Waals surface area contributed by atoms with Crippen LogP contribution in [0.5, 0.6) is 0 Å². The molecule has 4 aliphatic rings. The van der Waals surface area contributed by atoms with Crippen LogP contribution in [0.1, 0.15) is 71.8 Å². The van der Waals surface area contributed by atoms with E-state index >= 15 is 0 Å². The fourth-order valence-corrected chi connectivity index (χ4v) is 8.55. The molecule has 150 valence electrons. The molecule has 0 N–H and O–H groups in total. The number of aromatic nitrogens is 1. The Kier molecular flexibility index (Phi) is 4.17. The summed E-state index contributed by atoms with van der Waals surface area (Å²) in [6.07, 6.45) is 14.0. The van der Waals surface area contributed by atoms with Crippen LogP contribution in [0.25, 0.3) is 5.57 Å². The van der Waals surface area contributed by atoms with Crippen LogP contribution in [-0.4, -0.2) is 10.8 Å². The Hall–Kier alpha value is -1.44. The molecule has 4 aliphatic carbocycles. The topological polar surface area (TPSA) is 30.0 Å². The molecule has 0 aromatic carbocycles. The highest BCUT2D eigenvalue weighted by Gasteiger charge is 2.60. The van der Waals surface area contributed by atoms with Crippen molar-refractivity contribution in [1.82, 2.24) is 4.98 Å². The summed E-state index contributed by atoms with van der Waals surface area (Å²) in [4.78, 5) is 17.1. The molecule has 28 heavy (non-hydrogen) atoms. The fraction of sp³-hybridized carbons (Fsp3) is 0.692. The summed E-state index contributed by atoms with van der Waals surface area (Å²) in [5.74, 6) is 4.02. The number of fused-ring (bicyclic) bond motifs is 5. The maximum absolute atomic E-state index is 12.7. The van der Waals surface area contributed by atoms with Gasteiger partial charge in [0, 0.05) is 24.2 Å². The Morgan fingerprint density at radius 1 is 1.07 bits per heavy atom. The second-order valence-corrected chi connectivity index (χ2v) is 10.9. The number of pyridine rings is 1. The first kappa shape index (κ1) is 18.6. The number of nitrogens with zero attached hydrogens (tertiary/aromatic N) is 1. The van der Waals surface area contributed by atoms with Crippen LogP contribution in [0.3, 0.4) is 0 Å². The van der Waals surface area contributed by atoms with Crippen LogP contribution in [0.2, 0.25) is 0 Å². The molecule has 0 saturated heterocycles. The van der Waals surface area contributed by atoms with Gasteiger partial charge < -0.3 is 0 Å². The second kappa shape index (κ2) is 6.28. The lowest BCUT2D eigenvalue weighted by atomic mass is 9.42. The van der Waals surface area contributed by atoms with Crippen molar-refractivity contribution < 1.29 is 4.79 Å². The van der Waals surface area contributed by atoms with E-state index in [-0.39, 0.29) is 11.8 Å². The molecule has 3 saturated carbocycles. The molecule has 1 aromatic heterocycles. The van der Waals surface area contributed by atoms with Gasteiger partial charge in [-0.25, -0.2) is 0 Å². The Morgan fingerprint density at radius 2 is 1.89 bits per heavy atom. The third-order valence-corrected chi connectivity index (χ3v) is 9.78. The molecule has 5 rings (SSSR count). The lowest BCUT2D eigenvalue weighted by Crippen LogP contribution is -2.56. The molecule has 0 aliphatic heterocycles. The summed E-state index contributed by atoms with van der Waals surface area (Å²) >= 11 is 0. The molecule has 3 fully saturated rings. The average Bonchev–Trinajstić information content (AvgIpc) is 3.04. The maximum Gasteiger partial charge on any atom is 0.138 e. The molecule has 0 amide bonds. The predicted octanol–water partition coefficient (Wildman–Crippen LogP) is 6.18. The quantitative estimate of drug-likeness (QED) is 0.585. The monoisotopic (exact) mass is 377 g/mol. The van der Waals surface area contributed by atoms with Crippen molar-refractivity contribution in [2.45, 2.75) is 66.2 Å². The third kappa shape index (κ3) is 2.39. The number of carbonyl (C=O) groups is 1. The van der Waals surface area contributed by atoms with E-state index in [1.165, 1.54) is 37.7 Å². The molecule has 1 heterocycles. The molecule has 0 radical (unpaired) electrons. The molecule has 2 nitrogen and oxygen atoms in total. The van der Waals surface area contributed by atoms with E-state index in [2.05, 4.69) is 57.1 Å². The van der Waals surface area contributed by atoms with Crippen molar-refractivity contribution in [3.8, 4) is 0 Å². The summed E-state index contributed by atoms with van der Waals surface area (Å²) in [6, 6.07) is 4.32. The van der Waals surface area contributed by atoms with E-state index in [1.807, 2.05) is 6.20 Å².